The largest absolute Gasteiger partial charge is 0.508 e. The standard InChI is InChI=1S/C26H42N4O6/c1-7-15(5)21(24(33)28-19(26(35)36)13-17-9-11-18(31)12-10-17)30-25(34)22(16(6)8-2)29-23(32)20(27)14(3)4/h9-12,14-16,19-22,31H,7-8,13,27H2,1-6H3,(H,28,33)(H,29,32)(H,30,34)(H,35,36). The lowest BCUT2D eigenvalue weighted by Gasteiger charge is -2.30. The lowest BCUT2D eigenvalue weighted by molar-refractivity contribution is -0.142. The highest BCUT2D eigenvalue weighted by molar-refractivity contribution is 5.94. The molecule has 0 aliphatic carbocycles. The molecule has 6 atom stereocenters. The number of aromatic hydroxyl groups is 1. The molecule has 1 rings (SSSR count). The van der Waals surface area contributed by atoms with Crippen LogP contribution < -0.4 is 21.7 Å². The molecule has 6 unspecified atom stereocenters. The van der Waals surface area contributed by atoms with Crippen molar-refractivity contribution in [2.24, 2.45) is 23.5 Å². The Bertz CT molecular complexity index is 889. The highest BCUT2D eigenvalue weighted by Crippen LogP contribution is 2.15. The second-order valence-electron chi connectivity index (χ2n) is 9.78. The van der Waals surface area contributed by atoms with Crippen LogP contribution in [-0.4, -0.2) is 58.1 Å². The van der Waals surface area contributed by atoms with Gasteiger partial charge in [0, 0.05) is 6.42 Å². The summed E-state index contributed by atoms with van der Waals surface area (Å²) in [6.07, 6.45) is 1.15. The third-order valence-corrected chi connectivity index (χ3v) is 6.60. The van der Waals surface area contributed by atoms with Gasteiger partial charge in [-0.2, -0.15) is 0 Å². The number of hydrogen-bond donors (Lipinski definition) is 6. The Kier molecular flexibility index (Phi) is 12.4. The number of rotatable bonds is 14. The number of hydrogen-bond acceptors (Lipinski definition) is 6. The Hall–Kier alpha value is -3.14. The number of nitrogens with one attached hydrogen (secondary N) is 3. The molecule has 7 N–H and O–H groups in total. The van der Waals surface area contributed by atoms with E-state index in [0.29, 0.717) is 18.4 Å². The first kappa shape index (κ1) is 30.9. The van der Waals surface area contributed by atoms with Crippen molar-refractivity contribution in [3.05, 3.63) is 29.8 Å². The van der Waals surface area contributed by atoms with Crippen molar-refractivity contribution in [2.45, 2.75) is 85.0 Å². The summed E-state index contributed by atoms with van der Waals surface area (Å²) < 4.78 is 0. The maximum absolute atomic E-state index is 13.3. The zero-order valence-corrected chi connectivity index (χ0v) is 22.1. The molecule has 202 valence electrons. The van der Waals surface area contributed by atoms with Crippen LogP contribution in [0.2, 0.25) is 0 Å². The Morgan fingerprint density at radius 2 is 1.25 bits per heavy atom. The van der Waals surface area contributed by atoms with E-state index in [-0.39, 0.29) is 29.9 Å². The minimum absolute atomic E-state index is 0.00116. The van der Waals surface area contributed by atoms with Crippen molar-refractivity contribution in [2.75, 3.05) is 0 Å². The van der Waals surface area contributed by atoms with Crippen LogP contribution in [0.15, 0.2) is 24.3 Å². The summed E-state index contributed by atoms with van der Waals surface area (Å²) in [5, 5.41) is 27.1. The summed E-state index contributed by atoms with van der Waals surface area (Å²) in [4.78, 5) is 50.9. The maximum atomic E-state index is 13.3. The number of amides is 3. The van der Waals surface area contributed by atoms with Crippen LogP contribution >= 0.6 is 0 Å². The molecule has 0 saturated heterocycles. The zero-order valence-electron chi connectivity index (χ0n) is 22.1. The third kappa shape index (κ3) is 9.14. The highest BCUT2D eigenvalue weighted by atomic mass is 16.4. The van der Waals surface area contributed by atoms with Gasteiger partial charge >= 0.3 is 5.97 Å². The molecule has 0 saturated carbocycles. The number of carbonyl (C=O) groups excluding carboxylic acids is 3. The number of carboxylic acid groups (broad SMARTS) is 1. The number of phenols is 1. The van der Waals surface area contributed by atoms with Gasteiger partial charge in [0.2, 0.25) is 17.7 Å². The smallest absolute Gasteiger partial charge is 0.326 e. The second kappa shape index (κ2) is 14.4. The average Bonchev–Trinajstić information content (AvgIpc) is 2.84. The van der Waals surface area contributed by atoms with E-state index in [1.165, 1.54) is 12.1 Å². The van der Waals surface area contributed by atoms with E-state index >= 15 is 0 Å². The van der Waals surface area contributed by atoms with E-state index in [9.17, 15) is 29.4 Å². The molecule has 0 aliphatic rings. The van der Waals surface area contributed by atoms with Crippen LogP contribution in [0.25, 0.3) is 0 Å². The van der Waals surface area contributed by atoms with E-state index in [1.54, 1.807) is 19.1 Å². The number of aliphatic carboxylic acids is 1. The second-order valence-corrected chi connectivity index (χ2v) is 9.78. The molecule has 0 spiro atoms. The van der Waals surface area contributed by atoms with Gasteiger partial charge in [0.1, 0.15) is 23.9 Å². The van der Waals surface area contributed by atoms with Crippen LogP contribution in [0.1, 0.15) is 59.9 Å². The molecule has 1 aromatic carbocycles. The van der Waals surface area contributed by atoms with Crippen molar-refractivity contribution < 1.29 is 29.4 Å². The normalized spacial score (nSPS) is 16.2. The minimum Gasteiger partial charge on any atom is -0.508 e. The molecule has 1 aromatic rings. The van der Waals surface area contributed by atoms with Gasteiger partial charge in [0.05, 0.1) is 6.04 Å². The van der Waals surface area contributed by atoms with Crippen LogP contribution in [0.4, 0.5) is 0 Å². The summed E-state index contributed by atoms with van der Waals surface area (Å²) in [7, 11) is 0. The fourth-order valence-electron chi connectivity index (χ4n) is 3.53. The monoisotopic (exact) mass is 506 g/mol. The summed E-state index contributed by atoms with van der Waals surface area (Å²) in [5.41, 5.74) is 6.56. The molecule has 10 nitrogen and oxygen atoms in total. The Morgan fingerprint density at radius 1 is 0.806 bits per heavy atom. The first-order chi connectivity index (χ1) is 16.8. The van der Waals surface area contributed by atoms with Crippen LogP contribution in [0.3, 0.4) is 0 Å². The molecule has 0 aromatic heterocycles. The van der Waals surface area contributed by atoms with E-state index in [0.717, 1.165) is 0 Å². The SMILES string of the molecule is CCC(C)C(NC(=O)C(N)C(C)C)C(=O)NC(C(=O)NC(Cc1ccc(O)cc1)C(=O)O)C(C)CC. The fraction of sp³-hybridized carbons (Fsp3) is 0.615. The molecular weight excluding hydrogens is 464 g/mol. The van der Waals surface area contributed by atoms with E-state index in [4.69, 9.17) is 5.73 Å². The predicted octanol–water partition coefficient (Wildman–Crippen LogP) is 1.55. The molecule has 0 heterocycles. The Morgan fingerprint density at radius 3 is 1.67 bits per heavy atom. The predicted molar refractivity (Wildman–Crippen MR) is 137 cm³/mol. The minimum atomic E-state index is -1.24. The summed E-state index contributed by atoms with van der Waals surface area (Å²) in [6.45, 7) is 11.0. The first-order valence-electron chi connectivity index (χ1n) is 12.5. The van der Waals surface area contributed by atoms with Gasteiger partial charge in [-0.05, 0) is 35.4 Å². The molecule has 0 bridgehead atoms. The van der Waals surface area contributed by atoms with Gasteiger partial charge in [-0.15, -0.1) is 0 Å². The van der Waals surface area contributed by atoms with Crippen molar-refractivity contribution in [3.8, 4) is 5.75 Å². The Labute approximate surface area is 213 Å². The summed E-state index contributed by atoms with van der Waals surface area (Å²) in [6, 6.07) is 2.10. The number of phenolic OH excluding ortho intramolecular Hbond substituents is 1. The molecule has 3 amide bonds. The van der Waals surface area contributed by atoms with Gasteiger partial charge < -0.3 is 31.9 Å². The molecule has 0 aliphatic heterocycles. The molecule has 0 radical (unpaired) electrons. The van der Waals surface area contributed by atoms with Crippen molar-refractivity contribution in [1.82, 2.24) is 16.0 Å². The lowest BCUT2D eigenvalue weighted by Crippen LogP contribution is -2.60. The van der Waals surface area contributed by atoms with Crippen LogP contribution in [0.5, 0.6) is 5.75 Å². The quantitative estimate of drug-likeness (QED) is 0.222. The number of carbonyl (C=O) groups is 4. The van der Waals surface area contributed by atoms with Gasteiger partial charge in [0.15, 0.2) is 0 Å². The van der Waals surface area contributed by atoms with E-state index in [2.05, 4.69) is 16.0 Å². The van der Waals surface area contributed by atoms with E-state index < -0.39 is 47.9 Å². The van der Waals surface area contributed by atoms with Gasteiger partial charge in [0.25, 0.3) is 0 Å². The number of benzene rings is 1. The maximum Gasteiger partial charge on any atom is 0.326 e. The molecular formula is C26H42N4O6. The molecule has 36 heavy (non-hydrogen) atoms. The molecule has 0 fully saturated rings. The fourth-order valence-corrected chi connectivity index (χ4v) is 3.53. The lowest BCUT2D eigenvalue weighted by atomic mass is 9.94. The third-order valence-electron chi connectivity index (χ3n) is 6.60. The zero-order chi connectivity index (χ0) is 27.6. The van der Waals surface area contributed by atoms with Crippen LogP contribution in [0, 0.1) is 17.8 Å². The molecule has 10 heteroatoms. The summed E-state index contributed by atoms with van der Waals surface area (Å²) >= 11 is 0. The summed E-state index contributed by atoms with van der Waals surface area (Å²) in [5.74, 6) is -3.43. The van der Waals surface area contributed by atoms with Crippen LogP contribution in [-0.2, 0) is 25.6 Å². The number of carboxylic acids is 1. The van der Waals surface area contributed by atoms with E-state index in [1.807, 2.05) is 34.6 Å². The van der Waals surface area contributed by atoms with Crippen molar-refractivity contribution in [3.63, 3.8) is 0 Å². The van der Waals surface area contributed by atoms with Gasteiger partial charge in [-0.3, -0.25) is 14.4 Å². The number of nitrogens with two attached hydrogens (primary N) is 1. The Balaban J connectivity index is 3.07. The van der Waals surface area contributed by atoms with Gasteiger partial charge in [-0.25, -0.2) is 4.79 Å². The highest BCUT2D eigenvalue weighted by Gasteiger charge is 2.34. The van der Waals surface area contributed by atoms with Crippen molar-refractivity contribution >= 4 is 23.7 Å². The van der Waals surface area contributed by atoms with Gasteiger partial charge in [-0.1, -0.05) is 66.5 Å². The topological polar surface area (TPSA) is 171 Å². The van der Waals surface area contributed by atoms with Crippen molar-refractivity contribution in [1.29, 1.82) is 0 Å². The first-order valence-corrected chi connectivity index (χ1v) is 12.5. The average molecular weight is 507 g/mol.